The van der Waals surface area contributed by atoms with Crippen LogP contribution in [0, 0.1) is 12.8 Å². The summed E-state index contributed by atoms with van der Waals surface area (Å²) < 4.78 is 0. The van der Waals surface area contributed by atoms with E-state index in [1.54, 1.807) is 0 Å². The molecule has 0 N–H and O–H groups in total. The lowest BCUT2D eigenvalue weighted by Gasteiger charge is -2.19. The largest absolute Gasteiger partial charge is 0.269 e. The Morgan fingerprint density at radius 1 is 0.809 bits per heavy atom. The normalized spacial score (nSPS) is 15.9. The lowest BCUT2D eigenvalue weighted by Crippen LogP contribution is -2.03. The molecule has 0 aliphatic carbocycles. The molecule has 1 unspecified atom stereocenters. The number of hydrogen-bond acceptors (Lipinski definition) is 2. The molecule has 1 aliphatic rings. The van der Waals surface area contributed by atoms with Crippen LogP contribution in [0.15, 0.2) is 151 Å². The Kier molecular flexibility index (Phi) is 9.40. The van der Waals surface area contributed by atoms with Crippen molar-refractivity contribution in [3.8, 4) is 11.1 Å². The zero-order valence-corrected chi connectivity index (χ0v) is 28.1. The molecule has 1 atom stereocenters. The average molecular weight is 611 g/mol. The summed E-state index contributed by atoms with van der Waals surface area (Å²) in [5.41, 5.74) is 12.9. The van der Waals surface area contributed by atoms with Gasteiger partial charge in [0.15, 0.2) is 0 Å². The van der Waals surface area contributed by atoms with E-state index < -0.39 is 0 Å². The smallest absolute Gasteiger partial charge is 0.0343 e. The highest BCUT2D eigenvalue weighted by molar-refractivity contribution is 6.18. The molecular formula is C45H42N2. The summed E-state index contributed by atoms with van der Waals surface area (Å²) in [5.74, 6) is 0.462. The number of rotatable bonds is 8. The van der Waals surface area contributed by atoms with Gasteiger partial charge in [0, 0.05) is 24.8 Å². The van der Waals surface area contributed by atoms with Crippen molar-refractivity contribution in [1.29, 1.82) is 0 Å². The van der Waals surface area contributed by atoms with Crippen LogP contribution in [-0.2, 0) is 0 Å². The van der Waals surface area contributed by atoms with Crippen LogP contribution in [0.25, 0.3) is 49.4 Å². The molecule has 6 rings (SSSR count). The van der Waals surface area contributed by atoms with E-state index in [1.165, 1.54) is 60.5 Å². The van der Waals surface area contributed by atoms with Gasteiger partial charge in [-0.2, -0.15) is 0 Å². The number of fused-ring (bicyclic) bond motifs is 2. The van der Waals surface area contributed by atoms with Gasteiger partial charge in [-0.3, -0.25) is 9.98 Å². The number of allylic oxidation sites excluding steroid dienone is 10. The predicted octanol–water partition coefficient (Wildman–Crippen LogP) is 12.4. The van der Waals surface area contributed by atoms with Gasteiger partial charge in [-0.1, -0.05) is 111 Å². The summed E-state index contributed by atoms with van der Waals surface area (Å²) in [7, 11) is 0. The van der Waals surface area contributed by atoms with Gasteiger partial charge in [0.05, 0.1) is 0 Å². The van der Waals surface area contributed by atoms with Crippen molar-refractivity contribution >= 4 is 44.5 Å². The van der Waals surface area contributed by atoms with Gasteiger partial charge in [-0.25, -0.2) is 0 Å². The number of aromatic nitrogens is 1. The minimum atomic E-state index is 0.462. The van der Waals surface area contributed by atoms with E-state index in [-0.39, 0.29) is 0 Å². The van der Waals surface area contributed by atoms with Gasteiger partial charge in [0.2, 0.25) is 0 Å². The molecular weight excluding hydrogens is 569 g/mol. The van der Waals surface area contributed by atoms with Crippen LogP contribution in [0.3, 0.4) is 0 Å². The van der Waals surface area contributed by atoms with E-state index in [0.717, 1.165) is 28.7 Å². The molecule has 1 aliphatic heterocycles. The molecule has 0 saturated carbocycles. The van der Waals surface area contributed by atoms with E-state index in [9.17, 15) is 0 Å². The van der Waals surface area contributed by atoms with Crippen molar-refractivity contribution in [2.45, 2.75) is 41.0 Å². The molecule has 232 valence electrons. The Bertz CT molecular complexity index is 2170. The molecule has 5 aromatic rings. The Labute approximate surface area is 279 Å². The van der Waals surface area contributed by atoms with Crippen LogP contribution in [0.5, 0.6) is 0 Å². The molecule has 0 fully saturated rings. The summed E-state index contributed by atoms with van der Waals surface area (Å²) in [6, 6.07) is 28.5. The number of benzene rings is 4. The molecule has 1 aromatic heterocycles. The lowest BCUT2D eigenvalue weighted by atomic mass is 9.84. The lowest BCUT2D eigenvalue weighted by molar-refractivity contribution is 0.764. The second kappa shape index (κ2) is 14.0. The molecule has 2 nitrogen and oxygen atoms in total. The number of nitrogens with zero attached hydrogens (tertiary/aromatic N) is 2. The third-order valence-electron chi connectivity index (χ3n) is 9.02. The van der Waals surface area contributed by atoms with Crippen LogP contribution in [0.1, 0.15) is 56.4 Å². The maximum Gasteiger partial charge on any atom is 0.0343 e. The first-order valence-corrected chi connectivity index (χ1v) is 16.4. The fraction of sp³-hybridized carbons (Fsp3) is 0.156. The highest BCUT2D eigenvalue weighted by Gasteiger charge is 2.18. The van der Waals surface area contributed by atoms with E-state index >= 15 is 0 Å². The van der Waals surface area contributed by atoms with Gasteiger partial charge in [0.25, 0.3) is 0 Å². The minimum absolute atomic E-state index is 0.462. The summed E-state index contributed by atoms with van der Waals surface area (Å²) in [5, 5.41) is 4.80. The van der Waals surface area contributed by atoms with Gasteiger partial charge in [0.1, 0.15) is 0 Å². The first-order valence-electron chi connectivity index (χ1n) is 16.4. The molecule has 0 spiro atoms. The SMILES string of the molecule is C=C(/C=C\C=C(/C)C1=CN=CC(C)C1)c1c2ccccc2c(C(/C=C(\C)c2cncc(C)c2)=C/C)c2cc(-c3ccccc3)ccc12. The Morgan fingerprint density at radius 2 is 1.53 bits per heavy atom. The summed E-state index contributed by atoms with van der Waals surface area (Å²) in [6.45, 7) is 15.4. The van der Waals surface area contributed by atoms with E-state index in [1.807, 2.05) is 24.8 Å². The first-order chi connectivity index (χ1) is 22.8. The average Bonchev–Trinajstić information content (AvgIpc) is 3.09. The van der Waals surface area contributed by atoms with Crippen molar-refractivity contribution in [2.75, 3.05) is 0 Å². The quantitative estimate of drug-likeness (QED) is 0.127. The molecule has 2 heterocycles. The molecule has 0 bridgehead atoms. The standard InChI is InChI=1S/C45H42N2/c1-7-35(24-34(6)39-23-31(3)27-47-29-39)45-41-19-12-11-18-40(41)44(33(5)15-13-14-32(4)38-22-30(2)26-46-28-38)42-21-20-37(25-43(42)45)36-16-9-8-10-17-36/h7-21,23-30H,5,22H2,1-4,6H3/b15-13-,32-14+,34-24+,35-7+. The minimum Gasteiger partial charge on any atom is -0.269 e. The fourth-order valence-corrected chi connectivity index (χ4v) is 6.53. The molecule has 2 heteroatoms. The van der Waals surface area contributed by atoms with Crippen molar-refractivity contribution < 1.29 is 0 Å². The summed E-state index contributed by atoms with van der Waals surface area (Å²) in [6.07, 6.45) is 19.9. The van der Waals surface area contributed by atoms with Crippen molar-refractivity contribution in [3.05, 3.63) is 168 Å². The van der Waals surface area contributed by atoms with Crippen LogP contribution >= 0.6 is 0 Å². The number of aryl methyl sites for hydroxylation is 1. The molecule has 47 heavy (non-hydrogen) atoms. The second-order valence-corrected chi connectivity index (χ2v) is 12.6. The summed E-state index contributed by atoms with van der Waals surface area (Å²) in [4.78, 5) is 8.90. The van der Waals surface area contributed by atoms with Gasteiger partial charge in [-0.15, -0.1) is 0 Å². The van der Waals surface area contributed by atoms with Crippen LogP contribution in [0.2, 0.25) is 0 Å². The monoisotopic (exact) mass is 610 g/mol. The maximum absolute atomic E-state index is 4.63. The van der Waals surface area contributed by atoms with E-state index in [0.29, 0.717) is 5.92 Å². The van der Waals surface area contributed by atoms with Crippen molar-refractivity contribution in [2.24, 2.45) is 10.9 Å². The molecule has 0 saturated heterocycles. The number of pyridine rings is 1. The van der Waals surface area contributed by atoms with Crippen molar-refractivity contribution in [3.63, 3.8) is 0 Å². The molecule has 0 radical (unpaired) electrons. The fourth-order valence-electron chi connectivity index (χ4n) is 6.53. The predicted molar refractivity (Wildman–Crippen MR) is 205 cm³/mol. The first kappa shape index (κ1) is 31.6. The topological polar surface area (TPSA) is 25.2 Å². The van der Waals surface area contributed by atoms with Gasteiger partial charge < -0.3 is 0 Å². The van der Waals surface area contributed by atoms with Crippen LogP contribution in [-0.4, -0.2) is 11.2 Å². The Hall–Kier alpha value is -5.34. The van der Waals surface area contributed by atoms with Gasteiger partial charge in [-0.05, 0) is 135 Å². The van der Waals surface area contributed by atoms with Crippen molar-refractivity contribution in [1.82, 2.24) is 4.98 Å². The van der Waals surface area contributed by atoms with Crippen LogP contribution < -0.4 is 0 Å². The Balaban J connectivity index is 1.55. The highest BCUT2D eigenvalue weighted by atomic mass is 14.7. The van der Waals surface area contributed by atoms with Crippen LogP contribution in [0.4, 0.5) is 0 Å². The number of aliphatic imine (C=N–C) groups is 1. The molecule has 4 aromatic carbocycles. The highest BCUT2D eigenvalue weighted by Crippen LogP contribution is 2.42. The zero-order chi connectivity index (χ0) is 32.9. The Morgan fingerprint density at radius 3 is 2.26 bits per heavy atom. The molecule has 0 amide bonds. The second-order valence-electron chi connectivity index (χ2n) is 12.6. The van der Waals surface area contributed by atoms with Gasteiger partial charge >= 0.3 is 0 Å². The van der Waals surface area contributed by atoms with E-state index in [4.69, 9.17) is 0 Å². The third kappa shape index (κ3) is 6.78. The maximum atomic E-state index is 4.63. The van der Waals surface area contributed by atoms with E-state index in [2.05, 4.69) is 160 Å². The number of hydrogen-bond donors (Lipinski definition) is 0. The third-order valence-corrected chi connectivity index (χ3v) is 9.02. The zero-order valence-electron chi connectivity index (χ0n) is 28.1. The summed E-state index contributed by atoms with van der Waals surface area (Å²) >= 11 is 0.